The van der Waals surface area contributed by atoms with Crippen molar-refractivity contribution >= 4 is 5.91 Å². The molecule has 5 heteroatoms. The Balaban J connectivity index is 2.55. The number of benzene rings is 1. The van der Waals surface area contributed by atoms with Gasteiger partial charge in [0, 0.05) is 13.1 Å². The van der Waals surface area contributed by atoms with E-state index in [-0.39, 0.29) is 5.91 Å². The van der Waals surface area contributed by atoms with E-state index in [0.29, 0.717) is 31.1 Å². The molecular weight excluding hydrogens is 244 g/mol. The molecule has 0 unspecified atom stereocenters. The Labute approximate surface area is 114 Å². The fraction of sp³-hybridized carbons (Fsp3) is 0.500. The molecule has 1 amide bonds. The maximum absolute atomic E-state index is 11.3. The summed E-state index contributed by atoms with van der Waals surface area (Å²) < 4.78 is 10.9. The van der Waals surface area contributed by atoms with Crippen molar-refractivity contribution < 1.29 is 14.3 Å². The number of nitrogens with one attached hydrogen (secondary N) is 2. The van der Waals surface area contributed by atoms with Crippen LogP contribution in [0.5, 0.6) is 11.5 Å². The lowest BCUT2D eigenvalue weighted by Crippen LogP contribution is -2.24. The van der Waals surface area contributed by atoms with Crippen molar-refractivity contribution in [3.8, 4) is 11.5 Å². The monoisotopic (exact) mass is 266 g/mol. The van der Waals surface area contributed by atoms with Crippen LogP contribution >= 0.6 is 0 Å². The molecule has 1 aromatic rings. The Morgan fingerprint density at radius 1 is 1.32 bits per heavy atom. The second-order valence-corrected chi connectivity index (χ2v) is 4.07. The van der Waals surface area contributed by atoms with E-state index in [1.807, 2.05) is 32.2 Å². The van der Waals surface area contributed by atoms with Crippen LogP contribution < -0.4 is 20.1 Å². The van der Waals surface area contributed by atoms with Crippen molar-refractivity contribution in [2.24, 2.45) is 0 Å². The molecule has 0 spiro atoms. The molecule has 0 aliphatic carbocycles. The van der Waals surface area contributed by atoms with E-state index in [2.05, 4.69) is 10.6 Å². The number of ether oxygens (including phenoxy) is 2. The van der Waals surface area contributed by atoms with Crippen LogP contribution in [0.3, 0.4) is 0 Å². The third-order valence-electron chi connectivity index (χ3n) is 2.57. The highest BCUT2D eigenvalue weighted by atomic mass is 16.5. The van der Waals surface area contributed by atoms with Crippen LogP contribution in [0.2, 0.25) is 0 Å². The number of hydrogen-bond acceptors (Lipinski definition) is 4. The predicted molar refractivity (Wildman–Crippen MR) is 74.6 cm³/mol. The van der Waals surface area contributed by atoms with Crippen LogP contribution in [0.25, 0.3) is 0 Å². The van der Waals surface area contributed by atoms with E-state index in [9.17, 15) is 4.79 Å². The number of rotatable bonds is 8. The molecular formula is C14H22N2O3. The van der Waals surface area contributed by atoms with Crippen molar-refractivity contribution in [2.45, 2.75) is 19.9 Å². The van der Waals surface area contributed by atoms with Gasteiger partial charge in [0.25, 0.3) is 0 Å². The van der Waals surface area contributed by atoms with Gasteiger partial charge in [0.2, 0.25) is 5.91 Å². The highest BCUT2D eigenvalue weighted by Gasteiger charge is 2.07. The van der Waals surface area contributed by atoms with Crippen molar-refractivity contribution in [1.29, 1.82) is 0 Å². The third-order valence-corrected chi connectivity index (χ3v) is 2.57. The fourth-order valence-corrected chi connectivity index (χ4v) is 1.68. The molecule has 0 saturated heterocycles. The van der Waals surface area contributed by atoms with Crippen molar-refractivity contribution in [1.82, 2.24) is 10.6 Å². The van der Waals surface area contributed by atoms with Gasteiger partial charge in [-0.1, -0.05) is 6.07 Å². The Morgan fingerprint density at radius 2 is 2.11 bits per heavy atom. The zero-order chi connectivity index (χ0) is 14.1. The molecule has 2 N–H and O–H groups in total. The zero-order valence-corrected chi connectivity index (χ0v) is 11.8. The van der Waals surface area contributed by atoms with Crippen LogP contribution in [0.4, 0.5) is 0 Å². The van der Waals surface area contributed by atoms with Gasteiger partial charge in [-0.25, -0.2) is 0 Å². The highest BCUT2D eigenvalue weighted by Crippen LogP contribution is 2.28. The van der Waals surface area contributed by atoms with Crippen LogP contribution in [0.15, 0.2) is 18.2 Å². The molecule has 1 rings (SSSR count). The first-order chi connectivity index (χ1) is 9.21. The summed E-state index contributed by atoms with van der Waals surface area (Å²) in [6.07, 6.45) is 0.343. The minimum absolute atomic E-state index is 0.00623. The minimum atomic E-state index is -0.00623. The standard InChI is InChI=1S/C14H22N2O3/c1-4-16-14(17)7-8-19-12-6-5-11(10-15-2)9-13(12)18-3/h5-6,9,15H,4,7-8,10H2,1-3H3,(H,16,17). The summed E-state index contributed by atoms with van der Waals surface area (Å²) in [6.45, 7) is 3.65. The molecule has 106 valence electrons. The van der Waals surface area contributed by atoms with E-state index in [1.54, 1.807) is 7.11 Å². The second-order valence-electron chi connectivity index (χ2n) is 4.07. The Hall–Kier alpha value is -1.75. The summed E-state index contributed by atoms with van der Waals surface area (Å²) in [5.41, 5.74) is 1.12. The van der Waals surface area contributed by atoms with Crippen LogP contribution in [-0.2, 0) is 11.3 Å². The van der Waals surface area contributed by atoms with Crippen LogP contribution in [0, 0.1) is 0 Å². The Morgan fingerprint density at radius 3 is 2.74 bits per heavy atom. The Bertz CT molecular complexity index is 408. The van der Waals surface area contributed by atoms with Crippen LogP contribution in [-0.4, -0.2) is 33.2 Å². The lowest BCUT2D eigenvalue weighted by atomic mass is 10.2. The smallest absolute Gasteiger partial charge is 0.223 e. The number of amides is 1. The highest BCUT2D eigenvalue weighted by molar-refractivity contribution is 5.75. The third kappa shape index (κ3) is 5.18. The molecule has 1 aromatic carbocycles. The number of methoxy groups -OCH3 is 1. The molecule has 0 aromatic heterocycles. The molecule has 0 saturated carbocycles. The SMILES string of the molecule is CCNC(=O)CCOc1ccc(CNC)cc1OC. The van der Waals surface area contributed by atoms with Crippen molar-refractivity contribution in [3.05, 3.63) is 23.8 Å². The maximum atomic E-state index is 11.3. The van der Waals surface area contributed by atoms with Gasteiger partial charge in [-0.15, -0.1) is 0 Å². The summed E-state index contributed by atoms with van der Waals surface area (Å²) in [7, 11) is 3.50. The lowest BCUT2D eigenvalue weighted by molar-refractivity contribution is -0.121. The molecule has 5 nitrogen and oxygen atoms in total. The summed E-state index contributed by atoms with van der Waals surface area (Å²) in [6, 6.07) is 5.77. The Kier molecular flexibility index (Phi) is 6.74. The largest absolute Gasteiger partial charge is 0.493 e. The average Bonchev–Trinajstić information content (AvgIpc) is 2.40. The lowest BCUT2D eigenvalue weighted by Gasteiger charge is -2.12. The summed E-state index contributed by atoms with van der Waals surface area (Å²) in [4.78, 5) is 11.3. The first-order valence-corrected chi connectivity index (χ1v) is 6.42. The molecule has 0 aliphatic rings. The van der Waals surface area contributed by atoms with E-state index in [4.69, 9.17) is 9.47 Å². The average molecular weight is 266 g/mol. The minimum Gasteiger partial charge on any atom is -0.493 e. The molecule has 0 bridgehead atoms. The van der Waals surface area contributed by atoms with Crippen LogP contribution in [0.1, 0.15) is 18.9 Å². The first-order valence-electron chi connectivity index (χ1n) is 6.42. The predicted octanol–water partition coefficient (Wildman–Crippen LogP) is 1.32. The van der Waals surface area contributed by atoms with E-state index >= 15 is 0 Å². The fourth-order valence-electron chi connectivity index (χ4n) is 1.68. The summed E-state index contributed by atoms with van der Waals surface area (Å²) in [5, 5.41) is 5.81. The summed E-state index contributed by atoms with van der Waals surface area (Å²) >= 11 is 0. The maximum Gasteiger partial charge on any atom is 0.223 e. The van der Waals surface area contributed by atoms with E-state index in [0.717, 1.165) is 12.1 Å². The number of carbonyl (C=O) groups is 1. The van der Waals surface area contributed by atoms with Crippen molar-refractivity contribution in [3.63, 3.8) is 0 Å². The first kappa shape index (κ1) is 15.3. The van der Waals surface area contributed by atoms with Gasteiger partial charge in [0.05, 0.1) is 20.1 Å². The van der Waals surface area contributed by atoms with Gasteiger partial charge in [-0.05, 0) is 31.7 Å². The van der Waals surface area contributed by atoms with Gasteiger partial charge >= 0.3 is 0 Å². The molecule has 0 heterocycles. The molecule has 0 atom stereocenters. The van der Waals surface area contributed by atoms with E-state index in [1.165, 1.54) is 0 Å². The van der Waals surface area contributed by atoms with Crippen molar-refractivity contribution in [2.75, 3.05) is 27.3 Å². The van der Waals surface area contributed by atoms with Gasteiger partial charge < -0.3 is 20.1 Å². The van der Waals surface area contributed by atoms with Gasteiger partial charge in [0.1, 0.15) is 0 Å². The number of carbonyl (C=O) groups excluding carboxylic acids is 1. The molecule has 19 heavy (non-hydrogen) atoms. The zero-order valence-electron chi connectivity index (χ0n) is 11.8. The normalized spacial score (nSPS) is 10.1. The topological polar surface area (TPSA) is 59.6 Å². The summed E-state index contributed by atoms with van der Waals surface area (Å²) in [5.74, 6) is 1.34. The van der Waals surface area contributed by atoms with Gasteiger partial charge in [-0.2, -0.15) is 0 Å². The molecule has 0 aliphatic heterocycles. The quantitative estimate of drug-likeness (QED) is 0.745. The van der Waals surface area contributed by atoms with Gasteiger partial charge in [-0.3, -0.25) is 4.79 Å². The second kappa shape index (κ2) is 8.37. The molecule has 0 radical (unpaired) electrons. The van der Waals surface area contributed by atoms with E-state index < -0.39 is 0 Å². The number of hydrogen-bond donors (Lipinski definition) is 2. The molecule has 0 fully saturated rings. The van der Waals surface area contributed by atoms with Gasteiger partial charge in [0.15, 0.2) is 11.5 Å².